The van der Waals surface area contributed by atoms with Gasteiger partial charge in [-0.05, 0) is 48.8 Å². The molecule has 3 aliphatic rings. The highest BCUT2D eigenvalue weighted by molar-refractivity contribution is 7.90. The maximum atomic E-state index is 13.2. The summed E-state index contributed by atoms with van der Waals surface area (Å²) in [6.07, 6.45) is 6.12. The summed E-state index contributed by atoms with van der Waals surface area (Å²) in [5.74, 6) is -0.0175. The Morgan fingerprint density at radius 1 is 1.17 bits per heavy atom. The molecule has 0 bridgehead atoms. The van der Waals surface area contributed by atoms with Crippen LogP contribution in [0.4, 0.5) is 5.69 Å². The van der Waals surface area contributed by atoms with Gasteiger partial charge >= 0.3 is 0 Å². The monoisotopic (exact) mass is 450 g/mol. The maximum Gasteiger partial charge on any atom is 0.259 e. The standard InChI is InChI=1S/C19H22N4O5S2/c1-21(2)30(27,28)16-6-7-17-14(12-16)4-3-9-23(17)19(24)15-5-8-18-20-29(25,26)11-10-22(18)13-15/h5-8,12-13H,3-4,9-11H2,1-2H3. The number of aryl methyl sites for hydroxylation is 1. The number of amides is 1. The van der Waals surface area contributed by atoms with E-state index < -0.39 is 20.0 Å². The van der Waals surface area contributed by atoms with Crippen LogP contribution in [0, 0.1) is 0 Å². The number of hydrogen-bond acceptors (Lipinski definition) is 6. The van der Waals surface area contributed by atoms with Gasteiger partial charge in [0.25, 0.3) is 15.9 Å². The molecule has 1 amide bonds. The number of anilines is 1. The second-order valence-corrected chi connectivity index (χ2v) is 11.4. The Hall–Kier alpha value is -2.50. The molecule has 0 radical (unpaired) electrons. The zero-order valence-corrected chi connectivity index (χ0v) is 18.3. The Morgan fingerprint density at radius 3 is 2.67 bits per heavy atom. The number of amidine groups is 1. The molecule has 0 aliphatic carbocycles. The number of fused-ring (bicyclic) bond motifs is 2. The van der Waals surface area contributed by atoms with E-state index in [1.54, 1.807) is 34.2 Å². The molecule has 3 aliphatic heterocycles. The van der Waals surface area contributed by atoms with E-state index in [0.29, 0.717) is 30.1 Å². The van der Waals surface area contributed by atoms with Gasteiger partial charge in [0.1, 0.15) is 5.84 Å². The number of sulfonamides is 2. The van der Waals surface area contributed by atoms with Gasteiger partial charge < -0.3 is 9.80 Å². The van der Waals surface area contributed by atoms with Crippen LogP contribution in [0.15, 0.2) is 51.4 Å². The molecule has 11 heteroatoms. The van der Waals surface area contributed by atoms with Gasteiger partial charge in [0.2, 0.25) is 10.0 Å². The van der Waals surface area contributed by atoms with Crippen molar-refractivity contribution in [3.8, 4) is 0 Å². The van der Waals surface area contributed by atoms with Gasteiger partial charge in [-0.1, -0.05) is 0 Å². The minimum atomic E-state index is -3.55. The van der Waals surface area contributed by atoms with Crippen LogP contribution in [0.5, 0.6) is 0 Å². The number of nitrogens with zero attached hydrogens (tertiary/aromatic N) is 4. The summed E-state index contributed by atoms with van der Waals surface area (Å²) in [6, 6.07) is 4.83. The van der Waals surface area contributed by atoms with Crippen molar-refractivity contribution in [2.45, 2.75) is 17.7 Å². The van der Waals surface area contributed by atoms with Crippen LogP contribution in [-0.2, 0) is 31.3 Å². The number of carbonyl (C=O) groups is 1. The number of hydrogen-bond donors (Lipinski definition) is 0. The molecule has 0 saturated carbocycles. The fourth-order valence-corrected chi connectivity index (χ4v) is 5.56. The summed E-state index contributed by atoms with van der Waals surface area (Å²) < 4.78 is 53.1. The summed E-state index contributed by atoms with van der Waals surface area (Å²) in [5.41, 5.74) is 1.93. The third-order valence-electron chi connectivity index (χ3n) is 5.26. The second kappa shape index (κ2) is 7.33. The summed E-state index contributed by atoms with van der Waals surface area (Å²) in [5, 5.41) is 0. The van der Waals surface area contributed by atoms with Crippen molar-refractivity contribution in [1.29, 1.82) is 0 Å². The summed E-state index contributed by atoms with van der Waals surface area (Å²) in [7, 11) is -4.04. The number of rotatable bonds is 3. The highest BCUT2D eigenvalue weighted by Crippen LogP contribution is 2.31. The Kier molecular flexibility index (Phi) is 5.07. The van der Waals surface area contributed by atoms with Gasteiger partial charge in [0.05, 0.1) is 16.2 Å². The van der Waals surface area contributed by atoms with Crippen molar-refractivity contribution in [3.05, 3.63) is 47.7 Å². The predicted molar refractivity (Wildman–Crippen MR) is 113 cm³/mol. The van der Waals surface area contributed by atoms with Gasteiger partial charge in [-0.2, -0.15) is 0 Å². The Morgan fingerprint density at radius 2 is 1.93 bits per heavy atom. The number of benzene rings is 1. The first-order valence-corrected chi connectivity index (χ1v) is 12.5. The largest absolute Gasteiger partial charge is 0.330 e. The van der Waals surface area contributed by atoms with E-state index in [9.17, 15) is 21.6 Å². The fraction of sp³-hybridized carbons (Fsp3) is 0.368. The third kappa shape index (κ3) is 3.68. The molecule has 4 rings (SSSR count). The van der Waals surface area contributed by atoms with Crippen LogP contribution in [0.25, 0.3) is 0 Å². The van der Waals surface area contributed by atoms with Crippen LogP contribution >= 0.6 is 0 Å². The molecule has 9 nitrogen and oxygen atoms in total. The molecule has 0 atom stereocenters. The molecule has 160 valence electrons. The molecule has 0 fully saturated rings. The first-order valence-electron chi connectivity index (χ1n) is 9.45. The molecule has 0 saturated heterocycles. The fourth-order valence-electron chi connectivity index (χ4n) is 3.64. The molecule has 30 heavy (non-hydrogen) atoms. The zero-order valence-electron chi connectivity index (χ0n) is 16.6. The molecule has 3 heterocycles. The van der Waals surface area contributed by atoms with Gasteiger partial charge in [-0.15, -0.1) is 4.40 Å². The predicted octanol–water partition coefficient (Wildman–Crippen LogP) is 0.714. The SMILES string of the molecule is CN(C)S(=O)(=O)c1ccc2c(c1)CCCN2C(=O)C1=CN2CCS(=O)(=O)N=C2C=C1. The topological polar surface area (TPSA) is 107 Å². The zero-order chi connectivity index (χ0) is 21.7. The summed E-state index contributed by atoms with van der Waals surface area (Å²) in [6.45, 7) is 0.761. The van der Waals surface area contributed by atoms with Gasteiger partial charge in [0, 0.05) is 39.1 Å². The lowest BCUT2D eigenvalue weighted by Gasteiger charge is -2.32. The van der Waals surface area contributed by atoms with Crippen LogP contribution in [0.2, 0.25) is 0 Å². The summed E-state index contributed by atoms with van der Waals surface area (Å²) in [4.78, 5) is 16.7. The quantitative estimate of drug-likeness (QED) is 0.671. The van der Waals surface area contributed by atoms with E-state index in [0.717, 1.165) is 16.3 Å². The maximum absolute atomic E-state index is 13.2. The van der Waals surface area contributed by atoms with E-state index in [1.807, 2.05) is 0 Å². The van der Waals surface area contributed by atoms with Crippen LogP contribution in [0.1, 0.15) is 12.0 Å². The van der Waals surface area contributed by atoms with Crippen LogP contribution < -0.4 is 4.90 Å². The Bertz CT molecular complexity index is 1210. The van der Waals surface area contributed by atoms with Gasteiger partial charge in [-0.25, -0.2) is 21.1 Å². The minimum absolute atomic E-state index is 0.0992. The highest BCUT2D eigenvalue weighted by atomic mass is 32.2. The second-order valence-electron chi connectivity index (χ2n) is 7.48. The average molecular weight is 451 g/mol. The van der Waals surface area contributed by atoms with E-state index >= 15 is 0 Å². The molecule has 1 aromatic carbocycles. The van der Waals surface area contributed by atoms with Crippen molar-refractivity contribution in [3.63, 3.8) is 0 Å². The molecule has 0 aromatic heterocycles. The lowest BCUT2D eigenvalue weighted by atomic mass is 10.0. The lowest BCUT2D eigenvalue weighted by molar-refractivity contribution is -0.115. The molecular formula is C19H22N4O5S2. The number of carbonyl (C=O) groups excluding carboxylic acids is 1. The lowest BCUT2D eigenvalue weighted by Crippen LogP contribution is -2.40. The average Bonchev–Trinajstić information content (AvgIpc) is 2.71. The minimum Gasteiger partial charge on any atom is -0.330 e. The molecule has 0 unspecified atom stereocenters. The highest BCUT2D eigenvalue weighted by Gasteiger charge is 2.30. The molecule has 1 aromatic rings. The van der Waals surface area contributed by atoms with Gasteiger partial charge in [-0.3, -0.25) is 4.79 Å². The normalized spacial score (nSPS) is 20.4. The smallest absolute Gasteiger partial charge is 0.259 e. The van der Waals surface area contributed by atoms with Crippen molar-refractivity contribution in [2.24, 2.45) is 4.40 Å². The van der Waals surface area contributed by atoms with Crippen molar-refractivity contribution in [1.82, 2.24) is 9.21 Å². The van der Waals surface area contributed by atoms with E-state index in [-0.39, 0.29) is 23.1 Å². The first-order chi connectivity index (χ1) is 14.1. The Balaban J connectivity index is 1.64. The summed E-state index contributed by atoms with van der Waals surface area (Å²) >= 11 is 0. The van der Waals surface area contributed by atoms with Crippen LogP contribution in [-0.4, -0.2) is 70.7 Å². The molecular weight excluding hydrogens is 428 g/mol. The van der Waals surface area contributed by atoms with E-state index in [2.05, 4.69) is 4.40 Å². The first kappa shape index (κ1) is 20.8. The van der Waals surface area contributed by atoms with Crippen LogP contribution in [0.3, 0.4) is 0 Å². The van der Waals surface area contributed by atoms with Crippen molar-refractivity contribution >= 4 is 37.5 Å². The van der Waals surface area contributed by atoms with Crippen molar-refractivity contribution < 1.29 is 21.6 Å². The van der Waals surface area contributed by atoms with E-state index in [4.69, 9.17) is 0 Å². The Labute approximate surface area is 176 Å². The molecule has 0 N–H and O–H groups in total. The van der Waals surface area contributed by atoms with E-state index in [1.165, 1.54) is 26.2 Å². The van der Waals surface area contributed by atoms with Crippen molar-refractivity contribution in [2.75, 3.05) is 37.8 Å². The van der Waals surface area contributed by atoms with Gasteiger partial charge in [0.15, 0.2) is 0 Å². The molecule has 0 spiro atoms. The third-order valence-corrected chi connectivity index (χ3v) is 8.24.